The topological polar surface area (TPSA) is 53.6 Å². The summed E-state index contributed by atoms with van der Waals surface area (Å²) in [5.74, 6) is 0.856. The van der Waals surface area contributed by atoms with Crippen molar-refractivity contribution in [2.45, 2.75) is 39.3 Å². The second kappa shape index (κ2) is 4.53. The number of imidazole rings is 1. The number of hydrogen-bond donors (Lipinski definition) is 2. The quantitative estimate of drug-likeness (QED) is 0.865. The molecule has 0 radical (unpaired) electrons. The van der Waals surface area contributed by atoms with Crippen LogP contribution in [0.15, 0.2) is 18.3 Å². The zero-order chi connectivity index (χ0) is 12.5. The fraction of sp³-hybridized carbons (Fsp3) is 0.429. The van der Waals surface area contributed by atoms with E-state index < -0.39 is 0 Å². The van der Waals surface area contributed by atoms with E-state index in [-0.39, 0.29) is 0 Å². The number of rotatable bonds is 4. The van der Waals surface area contributed by atoms with Crippen LogP contribution in [0.2, 0.25) is 0 Å². The summed E-state index contributed by atoms with van der Waals surface area (Å²) in [7, 11) is 0. The fourth-order valence-electron chi connectivity index (χ4n) is 2.08. The predicted octanol–water partition coefficient (Wildman–Crippen LogP) is 2.34. The Morgan fingerprint density at radius 2 is 2.17 bits per heavy atom. The van der Waals surface area contributed by atoms with Crippen molar-refractivity contribution >= 4 is 0 Å². The van der Waals surface area contributed by atoms with Gasteiger partial charge in [-0.3, -0.25) is 0 Å². The number of hydrogen-bond acceptors (Lipinski definition) is 3. The summed E-state index contributed by atoms with van der Waals surface area (Å²) in [5.41, 5.74) is 4.29. The largest absolute Gasteiger partial charge is 0.339 e. The molecule has 0 saturated heterocycles. The van der Waals surface area contributed by atoms with Gasteiger partial charge in [0.15, 0.2) is 5.82 Å². The van der Waals surface area contributed by atoms with Crippen molar-refractivity contribution in [1.82, 2.24) is 20.3 Å². The number of aromatic nitrogens is 3. The molecule has 2 N–H and O–H groups in total. The van der Waals surface area contributed by atoms with Gasteiger partial charge in [-0.25, -0.2) is 9.97 Å². The molecule has 1 aliphatic carbocycles. The van der Waals surface area contributed by atoms with Crippen LogP contribution in [0.1, 0.15) is 29.8 Å². The molecule has 18 heavy (non-hydrogen) atoms. The third-order valence-corrected chi connectivity index (χ3v) is 3.13. The normalized spacial score (nSPS) is 15.0. The molecule has 2 aromatic rings. The smallest absolute Gasteiger partial charge is 0.156 e. The molecule has 0 amide bonds. The minimum atomic E-state index is 0.719. The van der Waals surface area contributed by atoms with Gasteiger partial charge < -0.3 is 10.3 Å². The lowest BCUT2D eigenvalue weighted by Crippen LogP contribution is -2.15. The fourth-order valence-corrected chi connectivity index (χ4v) is 2.08. The number of aromatic amines is 1. The third kappa shape index (κ3) is 2.59. The highest BCUT2D eigenvalue weighted by Crippen LogP contribution is 2.20. The molecule has 94 valence electrons. The van der Waals surface area contributed by atoms with Crippen LogP contribution in [-0.2, 0) is 6.54 Å². The molecule has 4 heteroatoms. The van der Waals surface area contributed by atoms with Gasteiger partial charge in [-0.2, -0.15) is 0 Å². The Balaban J connectivity index is 1.78. The predicted molar refractivity (Wildman–Crippen MR) is 71.2 cm³/mol. The lowest BCUT2D eigenvalue weighted by molar-refractivity contribution is 0.677. The first-order valence-electron chi connectivity index (χ1n) is 6.43. The monoisotopic (exact) mass is 242 g/mol. The maximum absolute atomic E-state index is 4.51. The Morgan fingerprint density at radius 3 is 2.89 bits per heavy atom. The van der Waals surface area contributed by atoms with Gasteiger partial charge in [0.2, 0.25) is 0 Å². The summed E-state index contributed by atoms with van der Waals surface area (Å²) in [6, 6.07) is 4.85. The van der Waals surface area contributed by atoms with Gasteiger partial charge in [-0.15, -0.1) is 0 Å². The van der Waals surface area contributed by atoms with Crippen molar-refractivity contribution in [2.24, 2.45) is 0 Å². The van der Waals surface area contributed by atoms with E-state index in [1.165, 1.54) is 18.4 Å². The van der Waals surface area contributed by atoms with E-state index in [1.807, 2.05) is 13.1 Å². The van der Waals surface area contributed by atoms with E-state index in [2.05, 4.69) is 39.3 Å². The summed E-state index contributed by atoms with van der Waals surface area (Å²) in [6.07, 6.45) is 4.50. The van der Waals surface area contributed by atoms with E-state index in [0.717, 1.165) is 35.5 Å². The lowest BCUT2D eigenvalue weighted by atomic mass is 10.2. The van der Waals surface area contributed by atoms with Crippen molar-refractivity contribution in [3.8, 4) is 11.5 Å². The van der Waals surface area contributed by atoms with Gasteiger partial charge in [0.05, 0.1) is 6.20 Å². The van der Waals surface area contributed by atoms with Crippen molar-refractivity contribution in [2.75, 3.05) is 0 Å². The van der Waals surface area contributed by atoms with Gasteiger partial charge in [-0.05, 0) is 44.4 Å². The van der Waals surface area contributed by atoms with Crippen LogP contribution in [0.25, 0.3) is 11.5 Å². The van der Waals surface area contributed by atoms with E-state index >= 15 is 0 Å². The average Bonchev–Trinajstić information content (AvgIpc) is 3.02. The van der Waals surface area contributed by atoms with Crippen molar-refractivity contribution in [1.29, 1.82) is 0 Å². The van der Waals surface area contributed by atoms with Crippen molar-refractivity contribution in [3.63, 3.8) is 0 Å². The molecule has 3 rings (SSSR count). The molecular formula is C14H18N4. The molecule has 0 aliphatic heterocycles. The zero-order valence-electron chi connectivity index (χ0n) is 10.8. The number of nitrogens with one attached hydrogen (secondary N) is 2. The van der Waals surface area contributed by atoms with Crippen LogP contribution < -0.4 is 5.32 Å². The first-order chi connectivity index (χ1) is 8.70. The first-order valence-corrected chi connectivity index (χ1v) is 6.43. The minimum absolute atomic E-state index is 0.719. The lowest BCUT2D eigenvalue weighted by Gasteiger charge is -2.01. The highest BCUT2D eigenvalue weighted by Gasteiger charge is 2.20. The number of nitrogens with zero attached hydrogens (tertiary/aromatic N) is 2. The minimum Gasteiger partial charge on any atom is -0.339 e. The molecule has 1 fully saturated rings. The van der Waals surface area contributed by atoms with Crippen molar-refractivity contribution < 1.29 is 0 Å². The molecule has 1 saturated carbocycles. The Labute approximate surface area is 107 Å². The van der Waals surface area contributed by atoms with Crippen molar-refractivity contribution in [3.05, 3.63) is 35.3 Å². The molecule has 0 spiro atoms. The van der Waals surface area contributed by atoms with Crippen LogP contribution in [0, 0.1) is 13.8 Å². The maximum atomic E-state index is 4.51. The number of aryl methyl sites for hydroxylation is 2. The first kappa shape index (κ1) is 11.4. The molecule has 0 aromatic carbocycles. The van der Waals surface area contributed by atoms with Crippen LogP contribution in [-0.4, -0.2) is 21.0 Å². The number of H-pyrrole nitrogens is 1. The van der Waals surface area contributed by atoms with Crippen LogP contribution in [0.3, 0.4) is 0 Å². The van der Waals surface area contributed by atoms with E-state index in [4.69, 9.17) is 0 Å². The molecule has 0 unspecified atom stereocenters. The van der Waals surface area contributed by atoms with Gasteiger partial charge in [0.1, 0.15) is 5.69 Å². The van der Waals surface area contributed by atoms with E-state index in [9.17, 15) is 0 Å². The zero-order valence-corrected chi connectivity index (χ0v) is 10.8. The summed E-state index contributed by atoms with van der Waals surface area (Å²) >= 11 is 0. The molecule has 2 aromatic heterocycles. The van der Waals surface area contributed by atoms with E-state index in [0.29, 0.717) is 0 Å². The highest BCUT2D eigenvalue weighted by molar-refractivity contribution is 5.51. The summed E-state index contributed by atoms with van der Waals surface area (Å²) in [6.45, 7) is 4.95. The van der Waals surface area contributed by atoms with Crippen LogP contribution >= 0.6 is 0 Å². The van der Waals surface area contributed by atoms with Gasteiger partial charge >= 0.3 is 0 Å². The third-order valence-electron chi connectivity index (χ3n) is 3.13. The molecular weight excluding hydrogens is 224 g/mol. The van der Waals surface area contributed by atoms with Gasteiger partial charge in [0, 0.05) is 24.0 Å². The Hall–Kier alpha value is -1.68. The van der Waals surface area contributed by atoms with Gasteiger partial charge in [0.25, 0.3) is 0 Å². The SMILES string of the molecule is Cc1cc(C)nc(-c2ncc(CNC3CC3)[nH]2)c1. The van der Waals surface area contributed by atoms with Crippen LogP contribution in [0.5, 0.6) is 0 Å². The molecule has 1 aliphatic rings. The second-order valence-electron chi connectivity index (χ2n) is 5.08. The van der Waals surface area contributed by atoms with Gasteiger partial charge in [-0.1, -0.05) is 0 Å². The highest BCUT2D eigenvalue weighted by atomic mass is 15.0. The molecule has 0 bridgehead atoms. The summed E-state index contributed by atoms with van der Waals surface area (Å²) in [5, 5.41) is 3.47. The average molecular weight is 242 g/mol. The standard InChI is InChI=1S/C14H18N4/c1-9-5-10(2)17-13(6-9)14-16-8-12(18-14)7-15-11-3-4-11/h5-6,8,11,15H,3-4,7H2,1-2H3,(H,16,18). The second-order valence-corrected chi connectivity index (χ2v) is 5.08. The van der Waals surface area contributed by atoms with E-state index in [1.54, 1.807) is 0 Å². The number of pyridine rings is 1. The molecule has 4 nitrogen and oxygen atoms in total. The Morgan fingerprint density at radius 1 is 1.33 bits per heavy atom. The molecule has 0 atom stereocenters. The Kier molecular flexibility index (Phi) is 2.88. The molecule has 2 heterocycles. The van der Waals surface area contributed by atoms with Crippen LogP contribution in [0.4, 0.5) is 0 Å². The Bertz CT molecular complexity index is 534. The maximum Gasteiger partial charge on any atom is 0.156 e. The summed E-state index contributed by atoms with van der Waals surface area (Å²) < 4.78 is 0. The summed E-state index contributed by atoms with van der Waals surface area (Å²) in [4.78, 5) is 12.3.